The van der Waals surface area contributed by atoms with E-state index in [1.165, 1.54) is 18.6 Å². The van der Waals surface area contributed by atoms with Crippen LogP contribution in [0, 0.1) is 5.82 Å². The molecule has 40 heavy (non-hydrogen) atoms. The first kappa shape index (κ1) is 25.3. The van der Waals surface area contributed by atoms with Crippen molar-refractivity contribution in [3.8, 4) is 5.69 Å². The molecular weight excluding hydrogens is 511 g/mol. The molecule has 1 N–H and O–H groups in total. The van der Waals surface area contributed by atoms with Gasteiger partial charge in [-0.25, -0.2) is 18.9 Å². The molecule has 3 heterocycles. The number of carbonyl (C=O) groups is 1. The summed E-state index contributed by atoms with van der Waals surface area (Å²) in [6, 6.07) is 20.6. The lowest BCUT2D eigenvalue weighted by Gasteiger charge is -2.42. The molecule has 1 aliphatic heterocycles. The average Bonchev–Trinajstić information content (AvgIpc) is 3.47. The minimum atomic E-state index is -1.36. The Balaban J connectivity index is 1.39. The Kier molecular flexibility index (Phi) is 6.51. The van der Waals surface area contributed by atoms with Crippen molar-refractivity contribution in [3.63, 3.8) is 0 Å². The fourth-order valence-electron chi connectivity index (χ4n) is 5.39. The highest BCUT2D eigenvalue weighted by Gasteiger charge is 2.27. The Morgan fingerprint density at radius 3 is 2.50 bits per heavy atom. The van der Waals surface area contributed by atoms with Crippen LogP contribution in [-0.4, -0.2) is 56.1 Å². The third kappa shape index (κ3) is 4.68. The summed E-state index contributed by atoms with van der Waals surface area (Å²) in [6.45, 7) is 4.52. The quantitative estimate of drug-likeness (QED) is 0.346. The maximum atomic E-state index is 15.6. The zero-order chi connectivity index (χ0) is 27.8. The molecule has 9 nitrogen and oxygen atoms in total. The lowest BCUT2D eigenvalue weighted by molar-refractivity contribution is 0.0695. The SMILES string of the molecule is CC1CN(c2cc3c(cc2F)c(=O)c(C(=O)O)cn3-c2ccc(Cn3cncn3)cc2)CCN1c1ccccc1. The maximum Gasteiger partial charge on any atom is 0.341 e. The van der Waals surface area contributed by atoms with Gasteiger partial charge in [0.25, 0.3) is 0 Å². The predicted octanol–water partition coefficient (Wildman–Crippen LogP) is 4.18. The van der Waals surface area contributed by atoms with E-state index in [4.69, 9.17) is 0 Å². The second-order valence-electron chi connectivity index (χ2n) is 9.95. The average molecular weight is 539 g/mol. The van der Waals surface area contributed by atoms with Gasteiger partial charge in [0.1, 0.15) is 24.0 Å². The predicted molar refractivity (Wildman–Crippen MR) is 151 cm³/mol. The smallest absolute Gasteiger partial charge is 0.341 e. The molecule has 0 aliphatic carbocycles. The number of hydrogen-bond acceptors (Lipinski definition) is 6. The summed E-state index contributed by atoms with van der Waals surface area (Å²) in [4.78, 5) is 33.2. The van der Waals surface area contributed by atoms with E-state index in [-0.39, 0.29) is 11.4 Å². The number of para-hydroxylation sites is 1. The van der Waals surface area contributed by atoms with Gasteiger partial charge >= 0.3 is 5.97 Å². The van der Waals surface area contributed by atoms with Gasteiger partial charge in [0.2, 0.25) is 5.43 Å². The maximum absolute atomic E-state index is 15.6. The van der Waals surface area contributed by atoms with Crippen molar-refractivity contribution in [2.75, 3.05) is 29.4 Å². The summed E-state index contributed by atoms with van der Waals surface area (Å²) in [5, 5.41) is 13.9. The minimum Gasteiger partial charge on any atom is -0.477 e. The molecule has 1 unspecified atom stereocenters. The van der Waals surface area contributed by atoms with E-state index in [1.54, 1.807) is 21.6 Å². The number of halogens is 1. The molecule has 202 valence electrons. The van der Waals surface area contributed by atoms with Gasteiger partial charge in [0, 0.05) is 48.6 Å². The number of rotatable bonds is 6. The van der Waals surface area contributed by atoms with Gasteiger partial charge in [-0.15, -0.1) is 0 Å². The number of piperazine rings is 1. The molecule has 0 spiro atoms. The first-order valence-electron chi connectivity index (χ1n) is 13.0. The standard InChI is InChI=1S/C30H27FN6O3/c1-20-15-34(11-12-36(20)22-5-3-2-4-6-22)28-14-27-24(13-26(28)31)29(38)25(30(39)40)17-37(27)23-9-7-21(8-10-23)16-35-19-32-18-33-35/h2-10,13-14,17-20H,11-12,15-16H2,1H3,(H,39,40). The summed E-state index contributed by atoms with van der Waals surface area (Å²) in [6.07, 6.45) is 4.41. The number of pyridine rings is 1. The van der Waals surface area contributed by atoms with Gasteiger partial charge in [-0.3, -0.25) is 4.79 Å². The molecule has 3 aromatic carbocycles. The van der Waals surface area contributed by atoms with E-state index in [0.717, 1.165) is 11.3 Å². The van der Waals surface area contributed by atoms with E-state index in [0.29, 0.717) is 43.1 Å². The first-order valence-corrected chi connectivity index (χ1v) is 13.0. The van der Waals surface area contributed by atoms with Crippen LogP contribution >= 0.6 is 0 Å². The van der Waals surface area contributed by atoms with Crippen LogP contribution in [0.4, 0.5) is 15.8 Å². The first-order chi connectivity index (χ1) is 19.4. The van der Waals surface area contributed by atoms with Crippen LogP contribution in [0.2, 0.25) is 0 Å². The van der Waals surface area contributed by atoms with Crippen LogP contribution in [0.3, 0.4) is 0 Å². The van der Waals surface area contributed by atoms with Crippen LogP contribution in [0.15, 0.2) is 90.4 Å². The number of benzene rings is 3. The number of fused-ring (bicyclic) bond motifs is 1. The second-order valence-corrected chi connectivity index (χ2v) is 9.95. The zero-order valence-electron chi connectivity index (χ0n) is 21.8. The highest BCUT2D eigenvalue weighted by atomic mass is 19.1. The van der Waals surface area contributed by atoms with E-state index >= 15 is 4.39 Å². The molecule has 1 fully saturated rings. The molecule has 1 saturated heterocycles. The Hall–Kier alpha value is -4.99. The monoisotopic (exact) mass is 538 g/mol. The molecule has 6 rings (SSSR count). The lowest BCUT2D eigenvalue weighted by Crippen LogP contribution is -2.52. The summed E-state index contributed by atoms with van der Waals surface area (Å²) in [5.41, 5.74) is 2.42. The van der Waals surface area contributed by atoms with E-state index in [1.807, 2.05) is 47.4 Å². The van der Waals surface area contributed by atoms with Gasteiger partial charge in [-0.1, -0.05) is 30.3 Å². The largest absolute Gasteiger partial charge is 0.477 e. The number of aromatic nitrogens is 4. The van der Waals surface area contributed by atoms with Crippen molar-refractivity contribution >= 4 is 28.2 Å². The van der Waals surface area contributed by atoms with Gasteiger partial charge in [0.15, 0.2) is 0 Å². The van der Waals surface area contributed by atoms with Gasteiger partial charge in [0.05, 0.1) is 17.7 Å². The molecule has 0 radical (unpaired) electrons. The van der Waals surface area contributed by atoms with Crippen LogP contribution in [0.5, 0.6) is 0 Å². The van der Waals surface area contributed by atoms with Crippen molar-refractivity contribution in [1.29, 1.82) is 0 Å². The number of hydrogen-bond donors (Lipinski definition) is 1. The van der Waals surface area contributed by atoms with Crippen LogP contribution in [-0.2, 0) is 6.54 Å². The number of aromatic carboxylic acids is 1. The molecule has 0 amide bonds. The molecule has 0 saturated carbocycles. The van der Waals surface area contributed by atoms with Crippen molar-refractivity contribution < 1.29 is 14.3 Å². The highest BCUT2D eigenvalue weighted by Crippen LogP contribution is 2.30. The van der Waals surface area contributed by atoms with Crippen molar-refractivity contribution in [2.24, 2.45) is 0 Å². The summed E-state index contributed by atoms with van der Waals surface area (Å²) in [5.74, 6) is -1.92. The normalized spacial score (nSPS) is 15.5. The minimum absolute atomic E-state index is 0.0174. The van der Waals surface area contributed by atoms with Crippen LogP contribution in [0.25, 0.3) is 16.6 Å². The molecule has 1 aliphatic rings. The summed E-state index contributed by atoms with van der Waals surface area (Å²) < 4.78 is 18.9. The molecule has 5 aromatic rings. The Morgan fingerprint density at radius 2 is 1.82 bits per heavy atom. The molecular formula is C30H27FN6O3. The van der Waals surface area contributed by atoms with Crippen molar-refractivity contribution in [1.82, 2.24) is 19.3 Å². The number of carboxylic acid groups (broad SMARTS) is 1. The van der Waals surface area contributed by atoms with Crippen LogP contribution < -0.4 is 15.2 Å². The van der Waals surface area contributed by atoms with Gasteiger partial charge in [-0.2, -0.15) is 5.10 Å². The Labute approximate surface area is 229 Å². The number of nitrogens with zero attached hydrogens (tertiary/aromatic N) is 6. The molecule has 1 atom stereocenters. The van der Waals surface area contributed by atoms with Crippen LogP contribution in [0.1, 0.15) is 22.8 Å². The molecule has 2 aromatic heterocycles. The van der Waals surface area contributed by atoms with Crippen molar-refractivity contribution in [2.45, 2.75) is 19.5 Å². The third-order valence-corrected chi connectivity index (χ3v) is 7.38. The fraction of sp³-hybridized carbons (Fsp3) is 0.200. The number of anilines is 2. The molecule has 0 bridgehead atoms. The Morgan fingerprint density at radius 1 is 1.05 bits per heavy atom. The summed E-state index contributed by atoms with van der Waals surface area (Å²) >= 11 is 0. The highest BCUT2D eigenvalue weighted by molar-refractivity contribution is 5.94. The topological polar surface area (TPSA) is 96.5 Å². The van der Waals surface area contributed by atoms with Crippen molar-refractivity contribution in [3.05, 3.63) is 113 Å². The van der Waals surface area contributed by atoms with E-state index in [9.17, 15) is 14.7 Å². The third-order valence-electron chi connectivity index (χ3n) is 7.38. The molecule has 10 heteroatoms. The zero-order valence-corrected chi connectivity index (χ0v) is 21.8. The van der Waals surface area contributed by atoms with E-state index in [2.05, 4.69) is 34.0 Å². The van der Waals surface area contributed by atoms with E-state index < -0.39 is 22.8 Å². The van der Waals surface area contributed by atoms with Gasteiger partial charge < -0.3 is 19.5 Å². The summed E-state index contributed by atoms with van der Waals surface area (Å²) in [7, 11) is 0. The Bertz CT molecular complexity index is 1740. The number of carboxylic acids is 1. The lowest BCUT2D eigenvalue weighted by atomic mass is 10.1. The second kappa shape index (κ2) is 10.3. The fourth-order valence-corrected chi connectivity index (χ4v) is 5.39. The van der Waals surface area contributed by atoms with Gasteiger partial charge in [-0.05, 0) is 48.9 Å².